The first-order valence-electron chi connectivity index (χ1n) is 11.2. The zero-order chi connectivity index (χ0) is 22.2. The molecule has 0 aromatic heterocycles. The fourth-order valence-corrected chi connectivity index (χ4v) is 4.94. The van der Waals surface area contributed by atoms with Crippen LogP contribution in [-0.4, -0.2) is 34.6 Å². The van der Waals surface area contributed by atoms with Gasteiger partial charge in [0.25, 0.3) is 0 Å². The number of hydrogen-bond acceptors (Lipinski definition) is 3. The number of amides is 2. The van der Waals surface area contributed by atoms with Crippen LogP contribution in [0.4, 0.5) is 0 Å². The monoisotopic (exact) mass is 438 g/mol. The summed E-state index contributed by atoms with van der Waals surface area (Å²) in [7, 11) is 0. The number of rotatable bonds is 9. The third-order valence-corrected chi connectivity index (χ3v) is 7.04. The number of thioether (sulfide) groups is 1. The number of nitrogens with zero attached hydrogens (tertiary/aromatic N) is 1. The van der Waals surface area contributed by atoms with Crippen LogP contribution in [0.3, 0.4) is 0 Å². The molecule has 31 heavy (non-hydrogen) atoms. The summed E-state index contributed by atoms with van der Waals surface area (Å²) in [5, 5.41) is 3.16. The van der Waals surface area contributed by atoms with Crippen LogP contribution in [0, 0.1) is 13.8 Å². The topological polar surface area (TPSA) is 49.4 Å². The molecule has 0 spiro atoms. The Morgan fingerprint density at radius 1 is 1.10 bits per heavy atom. The molecule has 1 fully saturated rings. The number of carbonyl (C=O) groups excluding carboxylic acids is 2. The van der Waals surface area contributed by atoms with Gasteiger partial charge in [-0.25, -0.2) is 0 Å². The molecule has 1 aliphatic rings. The zero-order valence-corrected chi connectivity index (χ0v) is 19.7. The van der Waals surface area contributed by atoms with Gasteiger partial charge in [-0.3, -0.25) is 9.59 Å². The SMILES string of the molecule is Cc1cccc(CSCC(=O)N(Cc2ccccc2C)[C@H](C)C(=O)NC2CCCC2)c1. The predicted molar refractivity (Wildman–Crippen MR) is 129 cm³/mol. The van der Waals surface area contributed by atoms with E-state index in [9.17, 15) is 9.59 Å². The Balaban J connectivity index is 1.66. The quantitative estimate of drug-likeness (QED) is 0.598. The molecule has 0 aliphatic heterocycles. The fourth-order valence-electron chi connectivity index (χ4n) is 4.09. The van der Waals surface area contributed by atoms with E-state index in [4.69, 9.17) is 0 Å². The molecule has 5 heteroatoms. The van der Waals surface area contributed by atoms with Crippen molar-refractivity contribution in [3.8, 4) is 0 Å². The van der Waals surface area contributed by atoms with Crippen LogP contribution < -0.4 is 5.32 Å². The van der Waals surface area contributed by atoms with Gasteiger partial charge in [0, 0.05) is 18.3 Å². The van der Waals surface area contributed by atoms with Crippen LogP contribution in [-0.2, 0) is 21.9 Å². The van der Waals surface area contributed by atoms with E-state index in [1.165, 1.54) is 24.0 Å². The smallest absolute Gasteiger partial charge is 0.242 e. The minimum absolute atomic E-state index is 0.00924. The van der Waals surface area contributed by atoms with Crippen molar-refractivity contribution in [2.45, 2.75) is 70.8 Å². The van der Waals surface area contributed by atoms with Crippen molar-refractivity contribution in [2.24, 2.45) is 0 Å². The maximum atomic E-state index is 13.2. The van der Waals surface area contributed by atoms with E-state index < -0.39 is 6.04 Å². The van der Waals surface area contributed by atoms with Gasteiger partial charge in [-0.2, -0.15) is 0 Å². The van der Waals surface area contributed by atoms with E-state index in [-0.39, 0.29) is 17.9 Å². The van der Waals surface area contributed by atoms with E-state index in [2.05, 4.69) is 30.4 Å². The first-order valence-corrected chi connectivity index (χ1v) is 12.4. The third kappa shape index (κ3) is 6.86. The highest BCUT2D eigenvalue weighted by Gasteiger charge is 2.28. The maximum Gasteiger partial charge on any atom is 0.242 e. The molecule has 1 saturated carbocycles. The Bertz CT molecular complexity index is 892. The normalized spacial score (nSPS) is 14.9. The summed E-state index contributed by atoms with van der Waals surface area (Å²) in [6.45, 7) is 6.43. The Kier molecular flexibility index (Phi) is 8.59. The van der Waals surface area contributed by atoms with Gasteiger partial charge in [0.1, 0.15) is 6.04 Å². The molecule has 1 N–H and O–H groups in total. The summed E-state index contributed by atoms with van der Waals surface area (Å²) in [5.74, 6) is 1.11. The number of hydrogen-bond donors (Lipinski definition) is 1. The van der Waals surface area contributed by atoms with Gasteiger partial charge >= 0.3 is 0 Å². The molecule has 166 valence electrons. The Hall–Kier alpha value is -2.27. The molecule has 4 nitrogen and oxygen atoms in total. The molecule has 1 atom stereocenters. The molecular weight excluding hydrogens is 404 g/mol. The van der Waals surface area contributed by atoms with E-state index in [0.717, 1.165) is 29.7 Å². The van der Waals surface area contributed by atoms with E-state index in [1.807, 2.05) is 44.2 Å². The van der Waals surface area contributed by atoms with Crippen LogP contribution in [0.15, 0.2) is 48.5 Å². The molecule has 0 unspecified atom stereocenters. The van der Waals surface area contributed by atoms with Crippen molar-refractivity contribution >= 4 is 23.6 Å². The van der Waals surface area contributed by atoms with Gasteiger partial charge in [-0.1, -0.05) is 66.9 Å². The summed E-state index contributed by atoms with van der Waals surface area (Å²) in [5.41, 5.74) is 4.66. The van der Waals surface area contributed by atoms with E-state index in [0.29, 0.717) is 12.3 Å². The molecule has 0 bridgehead atoms. The van der Waals surface area contributed by atoms with Crippen molar-refractivity contribution in [1.82, 2.24) is 10.2 Å². The second-order valence-corrected chi connectivity index (χ2v) is 9.58. The van der Waals surface area contributed by atoms with Crippen molar-refractivity contribution in [1.29, 1.82) is 0 Å². The average molecular weight is 439 g/mol. The second-order valence-electron chi connectivity index (χ2n) is 8.60. The molecule has 0 saturated heterocycles. The maximum absolute atomic E-state index is 13.2. The zero-order valence-electron chi connectivity index (χ0n) is 18.9. The van der Waals surface area contributed by atoms with Gasteiger partial charge in [-0.05, 0) is 50.3 Å². The van der Waals surface area contributed by atoms with Crippen LogP contribution in [0.5, 0.6) is 0 Å². The van der Waals surface area contributed by atoms with Gasteiger partial charge in [-0.15, -0.1) is 11.8 Å². The van der Waals surface area contributed by atoms with E-state index >= 15 is 0 Å². The van der Waals surface area contributed by atoms with Crippen molar-refractivity contribution < 1.29 is 9.59 Å². The molecule has 0 heterocycles. The lowest BCUT2D eigenvalue weighted by molar-refractivity contribution is -0.139. The summed E-state index contributed by atoms with van der Waals surface area (Å²) in [6, 6.07) is 16.2. The molecule has 0 radical (unpaired) electrons. The summed E-state index contributed by atoms with van der Waals surface area (Å²) in [4.78, 5) is 27.9. The van der Waals surface area contributed by atoms with E-state index in [1.54, 1.807) is 16.7 Å². The van der Waals surface area contributed by atoms with Gasteiger partial charge < -0.3 is 10.2 Å². The number of aryl methyl sites for hydroxylation is 2. The van der Waals surface area contributed by atoms with Crippen molar-refractivity contribution in [3.05, 3.63) is 70.8 Å². The second kappa shape index (κ2) is 11.4. The minimum Gasteiger partial charge on any atom is -0.352 e. The van der Waals surface area contributed by atoms with Crippen molar-refractivity contribution in [2.75, 3.05) is 5.75 Å². The molecule has 2 aromatic rings. The fraction of sp³-hybridized carbons (Fsp3) is 0.462. The molecule has 3 rings (SSSR count). The minimum atomic E-state index is -0.493. The average Bonchev–Trinajstić information content (AvgIpc) is 3.25. The number of benzene rings is 2. The third-order valence-electron chi connectivity index (χ3n) is 6.05. The highest BCUT2D eigenvalue weighted by molar-refractivity contribution is 7.99. The summed E-state index contributed by atoms with van der Waals surface area (Å²) in [6.07, 6.45) is 4.41. The highest BCUT2D eigenvalue weighted by Crippen LogP contribution is 2.20. The molecular formula is C26H34N2O2S. The van der Waals surface area contributed by atoms with Crippen LogP contribution in [0.1, 0.15) is 54.9 Å². The van der Waals surface area contributed by atoms with Crippen LogP contribution in [0.25, 0.3) is 0 Å². The Labute approximate surface area is 190 Å². The standard InChI is InChI=1S/C26H34N2O2S/c1-19-9-8-11-22(15-19)17-31-18-25(29)28(16-23-12-5-4-10-20(23)2)21(3)26(30)27-24-13-6-7-14-24/h4-5,8-12,15,21,24H,6-7,13-14,16-18H2,1-3H3,(H,27,30)/t21-/m1/s1. The lowest BCUT2D eigenvalue weighted by Gasteiger charge is -2.30. The Morgan fingerprint density at radius 2 is 1.84 bits per heavy atom. The Morgan fingerprint density at radius 3 is 2.55 bits per heavy atom. The lowest BCUT2D eigenvalue weighted by Crippen LogP contribution is -2.50. The molecule has 2 amide bonds. The largest absolute Gasteiger partial charge is 0.352 e. The number of nitrogens with one attached hydrogen (secondary N) is 1. The number of carbonyl (C=O) groups is 2. The first kappa shape index (κ1) is 23.4. The highest BCUT2D eigenvalue weighted by atomic mass is 32.2. The summed E-state index contributed by atoms with van der Waals surface area (Å²) < 4.78 is 0. The van der Waals surface area contributed by atoms with Gasteiger partial charge in [0.05, 0.1) is 5.75 Å². The van der Waals surface area contributed by atoms with Crippen LogP contribution >= 0.6 is 11.8 Å². The predicted octanol–water partition coefficient (Wildman–Crippen LogP) is 5.01. The van der Waals surface area contributed by atoms with Gasteiger partial charge in [0.15, 0.2) is 0 Å². The van der Waals surface area contributed by atoms with Crippen LogP contribution in [0.2, 0.25) is 0 Å². The van der Waals surface area contributed by atoms with Gasteiger partial charge in [0.2, 0.25) is 11.8 Å². The first-order chi connectivity index (χ1) is 14.9. The van der Waals surface area contributed by atoms with Crippen molar-refractivity contribution in [3.63, 3.8) is 0 Å². The summed E-state index contributed by atoms with van der Waals surface area (Å²) >= 11 is 1.61. The molecule has 2 aromatic carbocycles. The lowest BCUT2D eigenvalue weighted by atomic mass is 10.1. The molecule has 1 aliphatic carbocycles.